The first-order valence-electron chi connectivity index (χ1n) is 7.53. The topological polar surface area (TPSA) is 117 Å². The van der Waals surface area contributed by atoms with Crippen LogP contribution in [0.25, 0.3) is 0 Å². The smallest absolute Gasteiger partial charge is 0.335 e. The van der Waals surface area contributed by atoms with Crippen molar-refractivity contribution in [2.75, 3.05) is 12.4 Å². The Morgan fingerprint density at radius 2 is 1.85 bits per heavy atom. The maximum Gasteiger partial charge on any atom is 0.335 e. The summed E-state index contributed by atoms with van der Waals surface area (Å²) in [6, 6.07) is 9.84. The minimum atomic E-state index is -2.93. The summed E-state index contributed by atoms with van der Waals surface area (Å²) in [4.78, 5) is 11.2. The van der Waals surface area contributed by atoms with Gasteiger partial charge in [0, 0.05) is 36.5 Å². The summed E-state index contributed by atoms with van der Waals surface area (Å²) in [6.07, 6.45) is 0. The lowest BCUT2D eigenvalue weighted by atomic mass is 10.1. The number of carboxylic acid groups (broad SMARTS) is 1. The quantitative estimate of drug-likeness (QED) is 0.271. The van der Waals surface area contributed by atoms with Crippen molar-refractivity contribution in [3.05, 3.63) is 59.2 Å². The number of alkyl halides is 2. The minimum absolute atomic E-state index is 0.00249. The normalized spacial score (nSPS) is 12.0. The van der Waals surface area contributed by atoms with Gasteiger partial charge in [0.15, 0.2) is 5.84 Å². The van der Waals surface area contributed by atoms with Crippen molar-refractivity contribution in [3.63, 3.8) is 0 Å². The lowest BCUT2D eigenvalue weighted by Crippen LogP contribution is -2.26. The molecule has 0 atom stereocenters. The third-order valence-corrected chi connectivity index (χ3v) is 3.48. The summed E-state index contributed by atoms with van der Waals surface area (Å²) in [7, 11) is 1.46. The minimum Gasteiger partial charge on any atom is -0.478 e. The van der Waals surface area contributed by atoms with E-state index < -0.39 is 11.9 Å². The van der Waals surface area contributed by atoms with E-state index in [4.69, 9.17) is 16.7 Å². The Balaban J connectivity index is 2.40. The van der Waals surface area contributed by atoms with Crippen LogP contribution in [0.2, 0.25) is 0 Å². The molecule has 0 unspecified atom stereocenters. The van der Waals surface area contributed by atoms with Crippen molar-refractivity contribution >= 4 is 23.2 Å². The van der Waals surface area contributed by atoms with Gasteiger partial charge in [-0.15, -0.1) is 5.10 Å². The van der Waals surface area contributed by atoms with Gasteiger partial charge in [0.25, 0.3) is 5.92 Å². The number of hydrogen-bond donors (Lipinski definition) is 4. The molecule has 0 aliphatic rings. The number of hydrazine groups is 1. The Bertz CT molecular complexity index is 830. The number of nitrogens with one attached hydrogen (secondary N) is 1. The Morgan fingerprint density at radius 3 is 2.35 bits per heavy atom. The number of halogens is 2. The van der Waals surface area contributed by atoms with Gasteiger partial charge >= 0.3 is 5.97 Å². The average Bonchev–Trinajstić information content (AvgIpc) is 2.54. The highest BCUT2D eigenvalue weighted by Crippen LogP contribution is 2.29. The van der Waals surface area contributed by atoms with Crippen molar-refractivity contribution in [1.29, 1.82) is 0 Å². The van der Waals surface area contributed by atoms with Gasteiger partial charge < -0.3 is 16.2 Å². The molecule has 2 aromatic carbocycles. The fraction of sp³-hybridized carbons (Fsp3) is 0.176. The van der Waals surface area contributed by atoms with E-state index >= 15 is 0 Å². The number of rotatable bonds is 6. The van der Waals surface area contributed by atoms with Crippen molar-refractivity contribution in [1.82, 2.24) is 5.12 Å². The molecule has 0 radical (unpaired) electrons. The molecule has 0 fully saturated rings. The summed E-state index contributed by atoms with van der Waals surface area (Å²) in [5.74, 6) is 1.39. The summed E-state index contributed by atoms with van der Waals surface area (Å²) < 4.78 is 26.6. The number of hydrogen-bond acceptors (Lipinski definition) is 5. The van der Waals surface area contributed by atoms with Crippen LogP contribution in [-0.2, 0) is 5.92 Å². The van der Waals surface area contributed by atoms with Gasteiger partial charge in [-0.1, -0.05) is 12.1 Å². The largest absolute Gasteiger partial charge is 0.478 e. The molecule has 0 saturated carbocycles. The Morgan fingerprint density at radius 1 is 1.23 bits per heavy atom. The van der Waals surface area contributed by atoms with Crippen LogP contribution in [0.15, 0.2) is 47.6 Å². The number of benzene rings is 2. The third kappa shape index (κ3) is 4.67. The second kappa shape index (κ2) is 7.36. The molecule has 0 saturated heterocycles. The number of amidine groups is 1. The van der Waals surface area contributed by atoms with Crippen LogP contribution < -0.4 is 16.9 Å². The molecule has 2 rings (SSSR count). The summed E-state index contributed by atoms with van der Waals surface area (Å²) in [5.41, 5.74) is 7.09. The molecule has 0 amide bonds. The van der Waals surface area contributed by atoms with Crippen molar-refractivity contribution in [2.45, 2.75) is 12.8 Å². The molecule has 0 heterocycles. The van der Waals surface area contributed by atoms with E-state index in [1.807, 2.05) is 0 Å². The second-order valence-corrected chi connectivity index (χ2v) is 5.72. The monoisotopic (exact) mass is 363 g/mol. The highest BCUT2D eigenvalue weighted by molar-refractivity contribution is 6.04. The molecule has 6 N–H and O–H groups in total. The van der Waals surface area contributed by atoms with E-state index in [0.29, 0.717) is 16.9 Å². The Labute approximate surface area is 148 Å². The fourth-order valence-electron chi connectivity index (χ4n) is 2.22. The van der Waals surface area contributed by atoms with Crippen LogP contribution in [0.3, 0.4) is 0 Å². The van der Waals surface area contributed by atoms with E-state index in [0.717, 1.165) is 12.0 Å². The summed E-state index contributed by atoms with van der Waals surface area (Å²) >= 11 is 0. The molecule has 0 aromatic heterocycles. The van der Waals surface area contributed by atoms with E-state index in [1.54, 1.807) is 0 Å². The van der Waals surface area contributed by atoms with Crippen molar-refractivity contribution < 1.29 is 18.7 Å². The number of carboxylic acids is 1. The first-order valence-corrected chi connectivity index (χ1v) is 7.53. The zero-order chi connectivity index (χ0) is 19.5. The fourth-order valence-corrected chi connectivity index (χ4v) is 2.22. The Hall–Kier alpha value is -3.20. The molecular formula is C17H19F2N5O2. The molecule has 0 bridgehead atoms. The SMILES string of the molecule is CN(N)/N=C(\N)c1cc(C(=O)O)ccc1Nc1ccc(C(C)(F)F)cc1. The zero-order valence-corrected chi connectivity index (χ0v) is 14.2. The standard InChI is InChI=1S/C17H19F2N5O2/c1-17(18,19)11-4-6-12(7-5-11)22-14-8-3-10(16(25)26)9-13(14)15(20)23-24(2)21/h3-9,22H,21H2,1-2H3,(H2,20,23)(H,25,26). The molecule has 0 aliphatic heterocycles. The van der Waals surface area contributed by atoms with Gasteiger partial charge in [0.05, 0.1) is 5.56 Å². The van der Waals surface area contributed by atoms with E-state index in [2.05, 4.69) is 10.4 Å². The van der Waals surface area contributed by atoms with Crippen LogP contribution in [0.5, 0.6) is 0 Å². The predicted octanol–water partition coefficient (Wildman–Crippen LogP) is 2.67. The molecule has 7 nitrogen and oxygen atoms in total. The van der Waals surface area contributed by atoms with E-state index in [-0.39, 0.29) is 17.0 Å². The van der Waals surface area contributed by atoms with Gasteiger partial charge in [-0.2, -0.15) is 0 Å². The van der Waals surface area contributed by atoms with Gasteiger partial charge in [-0.25, -0.2) is 24.5 Å². The number of anilines is 2. The van der Waals surface area contributed by atoms with E-state index in [1.165, 1.54) is 49.5 Å². The van der Waals surface area contributed by atoms with E-state index in [9.17, 15) is 13.6 Å². The molecule has 9 heteroatoms. The van der Waals surface area contributed by atoms with Crippen LogP contribution in [0.4, 0.5) is 20.2 Å². The average molecular weight is 363 g/mol. The molecule has 138 valence electrons. The van der Waals surface area contributed by atoms with Crippen LogP contribution in [0.1, 0.15) is 28.4 Å². The third-order valence-electron chi connectivity index (χ3n) is 3.48. The Kier molecular flexibility index (Phi) is 5.41. The highest BCUT2D eigenvalue weighted by Gasteiger charge is 2.23. The van der Waals surface area contributed by atoms with Crippen molar-refractivity contribution in [3.8, 4) is 0 Å². The molecular weight excluding hydrogens is 344 g/mol. The number of nitrogens with two attached hydrogens (primary N) is 2. The van der Waals surface area contributed by atoms with Crippen molar-refractivity contribution in [2.24, 2.45) is 16.7 Å². The second-order valence-electron chi connectivity index (χ2n) is 5.72. The van der Waals surface area contributed by atoms with Gasteiger partial charge in [-0.3, -0.25) is 0 Å². The maximum absolute atomic E-state index is 13.3. The van der Waals surface area contributed by atoms with Crippen LogP contribution in [-0.4, -0.2) is 29.1 Å². The first-order chi connectivity index (χ1) is 12.1. The molecule has 0 aliphatic carbocycles. The predicted molar refractivity (Wildman–Crippen MR) is 95.4 cm³/mol. The number of hydrazone groups is 1. The molecule has 2 aromatic rings. The lowest BCUT2D eigenvalue weighted by Gasteiger charge is -2.15. The number of nitrogens with zero attached hydrogens (tertiary/aromatic N) is 2. The molecule has 0 spiro atoms. The summed E-state index contributed by atoms with van der Waals surface area (Å²) in [5, 5.41) is 17.0. The van der Waals surface area contributed by atoms with Crippen LogP contribution >= 0.6 is 0 Å². The number of aromatic carboxylic acids is 1. The summed E-state index contributed by atoms with van der Waals surface area (Å²) in [6.45, 7) is 0.818. The van der Waals surface area contributed by atoms with Gasteiger partial charge in [0.2, 0.25) is 0 Å². The first kappa shape index (κ1) is 19.1. The maximum atomic E-state index is 13.3. The highest BCUT2D eigenvalue weighted by atomic mass is 19.3. The van der Waals surface area contributed by atoms with Gasteiger partial charge in [0.1, 0.15) is 0 Å². The lowest BCUT2D eigenvalue weighted by molar-refractivity contribution is 0.0175. The number of carbonyl (C=O) groups is 1. The van der Waals surface area contributed by atoms with Crippen LogP contribution in [0, 0.1) is 0 Å². The zero-order valence-electron chi connectivity index (χ0n) is 14.2. The van der Waals surface area contributed by atoms with Gasteiger partial charge in [-0.05, 0) is 30.3 Å². The molecule has 26 heavy (non-hydrogen) atoms.